The number of methoxy groups -OCH3 is 1. The van der Waals surface area contributed by atoms with Gasteiger partial charge < -0.3 is 10.5 Å². The van der Waals surface area contributed by atoms with Gasteiger partial charge in [0.15, 0.2) is 0 Å². The highest BCUT2D eigenvalue weighted by Gasteiger charge is 2.28. The van der Waals surface area contributed by atoms with Gasteiger partial charge in [0.1, 0.15) is 0 Å². The van der Waals surface area contributed by atoms with Gasteiger partial charge in [-0.05, 0) is 43.9 Å². The third-order valence-corrected chi connectivity index (χ3v) is 4.16. The fourth-order valence-corrected chi connectivity index (χ4v) is 2.95. The van der Waals surface area contributed by atoms with Crippen LogP contribution in [-0.2, 0) is 4.74 Å². The molecule has 0 spiro atoms. The predicted molar refractivity (Wildman–Crippen MR) is 77.5 cm³/mol. The van der Waals surface area contributed by atoms with E-state index in [4.69, 9.17) is 10.5 Å². The standard InChI is InChI=1S/C15H19N3O2/c1-20-13-5-2-10(3-6-13)15(19)18-14-7-4-12(16)8-11(14)9-17-18/h4,7-10,13H,2-3,5-6,16H2,1H3. The summed E-state index contributed by atoms with van der Waals surface area (Å²) >= 11 is 0. The van der Waals surface area contributed by atoms with Crippen molar-refractivity contribution in [1.82, 2.24) is 9.78 Å². The molecule has 5 heteroatoms. The topological polar surface area (TPSA) is 70.1 Å². The molecule has 0 saturated heterocycles. The van der Waals surface area contributed by atoms with E-state index in [0.717, 1.165) is 36.6 Å². The van der Waals surface area contributed by atoms with Gasteiger partial charge in [-0.3, -0.25) is 4.79 Å². The molecule has 0 unspecified atom stereocenters. The lowest BCUT2D eigenvalue weighted by atomic mass is 9.87. The molecule has 106 valence electrons. The Balaban J connectivity index is 1.82. The molecule has 1 aromatic carbocycles. The van der Waals surface area contributed by atoms with Crippen LogP contribution in [0.1, 0.15) is 30.5 Å². The minimum absolute atomic E-state index is 0.0436. The molecule has 3 rings (SSSR count). The molecule has 5 nitrogen and oxygen atoms in total. The summed E-state index contributed by atoms with van der Waals surface area (Å²) in [5, 5.41) is 5.14. The maximum absolute atomic E-state index is 12.6. The number of anilines is 1. The van der Waals surface area contributed by atoms with Crippen molar-refractivity contribution >= 4 is 22.5 Å². The lowest BCUT2D eigenvalue weighted by Crippen LogP contribution is -2.29. The number of fused-ring (bicyclic) bond motifs is 1. The average molecular weight is 273 g/mol. The summed E-state index contributed by atoms with van der Waals surface area (Å²) in [4.78, 5) is 12.6. The fraction of sp³-hybridized carbons (Fsp3) is 0.467. The summed E-state index contributed by atoms with van der Waals surface area (Å²) < 4.78 is 6.87. The Morgan fingerprint density at radius 3 is 2.80 bits per heavy atom. The maximum atomic E-state index is 12.6. The van der Waals surface area contributed by atoms with Gasteiger partial charge in [-0.1, -0.05) is 0 Å². The molecule has 0 amide bonds. The summed E-state index contributed by atoms with van der Waals surface area (Å²) in [6.07, 6.45) is 5.62. The van der Waals surface area contributed by atoms with E-state index in [1.807, 2.05) is 12.1 Å². The number of ether oxygens (including phenoxy) is 1. The van der Waals surface area contributed by atoms with E-state index in [2.05, 4.69) is 5.10 Å². The molecule has 1 fully saturated rings. The average Bonchev–Trinajstić information content (AvgIpc) is 2.89. The van der Waals surface area contributed by atoms with Gasteiger partial charge in [-0.15, -0.1) is 0 Å². The Labute approximate surface area is 117 Å². The lowest BCUT2D eigenvalue weighted by Gasteiger charge is -2.26. The molecule has 2 aromatic rings. The van der Waals surface area contributed by atoms with Gasteiger partial charge in [-0.25, -0.2) is 0 Å². The first kappa shape index (κ1) is 13.1. The molecule has 0 radical (unpaired) electrons. The van der Waals surface area contributed by atoms with Crippen molar-refractivity contribution in [2.75, 3.05) is 12.8 Å². The van der Waals surface area contributed by atoms with E-state index in [0.29, 0.717) is 11.8 Å². The normalized spacial score (nSPS) is 23.1. The van der Waals surface area contributed by atoms with Gasteiger partial charge in [0.05, 0.1) is 17.8 Å². The number of benzene rings is 1. The van der Waals surface area contributed by atoms with E-state index in [9.17, 15) is 4.79 Å². The van der Waals surface area contributed by atoms with Crippen molar-refractivity contribution in [1.29, 1.82) is 0 Å². The smallest absolute Gasteiger partial charge is 0.250 e. The van der Waals surface area contributed by atoms with Crippen LogP contribution in [-0.4, -0.2) is 28.9 Å². The first-order chi connectivity index (χ1) is 9.69. The Hall–Kier alpha value is -1.88. The molecule has 1 aliphatic rings. The zero-order chi connectivity index (χ0) is 14.1. The molecule has 1 aromatic heterocycles. The van der Waals surface area contributed by atoms with Crippen LogP contribution in [0, 0.1) is 5.92 Å². The van der Waals surface area contributed by atoms with Gasteiger partial charge in [0.2, 0.25) is 0 Å². The number of carbonyl (C=O) groups is 1. The zero-order valence-electron chi connectivity index (χ0n) is 11.6. The monoisotopic (exact) mass is 273 g/mol. The summed E-state index contributed by atoms with van der Waals surface area (Å²) in [5.41, 5.74) is 7.26. The van der Waals surface area contributed by atoms with Gasteiger partial charge >= 0.3 is 0 Å². The number of nitrogens with two attached hydrogens (primary N) is 1. The number of hydrogen-bond donors (Lipinski definition) is 1. The van der Waals surface area contributed by atoms with Gasteiger partial charge in [0, 0.05) is 24.1 Å². The molecule has 0 aliphatic heterocycles. The Morgan fingerprint density at radius 2 is 2.10 bits per heavy atom. The molecule has 0 bridgehead atoms. The third kappa shape index (κ3) is 2.29. The predicted octanol–water partition coefficient (Wildman–Crippen LogP) is 2.46. The van der Waals surface area contributed by atoms with Crippen LogP contribution in [0.15, 0.2) is 24.4 Å². The Bertz CT molecular complexity index is 627. The van der Waals surface area contributed by atoms with Crippen molar-refractivity contribution in [3.05, 3.63) is 24.4 Å². The summed E-state index contributed by atoms with van der Waals surface area (Å²) in [5.74, 6) is 0.126. The number of aromatic nitrogens is 2. The first-order valence-corrected chi connectivity index (χ1v) is 6.99. The van der Waals surface area contributed by atoms with E-state index in [1.165, 1.54) is 4.68 Å². The van der Waals surface area contributed by atoms with Crippen molar-refractivity contribution in [2.24, 2.45) is 5.92 Å². The minimum atomic E-state index is 0.0436. The largest absolute Gasteiger partial charge is 0.399 e. The quantitative estimate of drug-likeness (QED) is 0.853. The van der Waals surface area contributed by atoms with Crippen molar-refractivity contribution in [2.45, 2.75) is 31.8 Å². The molecule has 2 N–H and O–H groups in total. The summed E-state index contributed by atoms with van der Waals surface area (Å²) in [6, 6.07) is 5.50. The zero-order valence-corrected chi connectivity index (χ0v) is 11.6. The molecule has 1 saturated carbocycles. The van der Waals surface area contributed by atoms with Crippen LogP contribution in [0.3, 0.4) is 0 Å². The third-order valence-electron chi connectivity index (χ3n) is 4.16. The highest BCUT2D eigenvalue weighted by atomic mass is 16.5. The fourth-order valence-electron chi connectivity index (χ4n) is 2.95. The highest BCUT2D eigenvalue weighted by Crippen LogP contribution is 2.28. The summed E-state index contributed by atoms with van der Waals surface area (Å²) in [6.45, 7) is 0. The van der Waals surface area contributed by atoms with E-state index >= 15 is 0 Å². The van der Waals surface area contributed by atoms with Crippen LogP contribution >= 0.6 is 0 Å². The first-order valence-electron chi connectivity index (χ1n) is 6.99. The second-order valence-electron chi connectivity index (χ2n) is 5.42. The molecule has 1 aliphatic carbocycles. The van der Waals surface area contributed by atoms with Gasteiger partial charge in [0.25, 0.3) is 5.91 Å². The van der Waals surface area contributed by atoms with Crippen molar-refractivity contribution in [3.8, 4) is 0 Å². The molecule has 20 heavy (non-hydrogen) atoms. The number of nitrogens with zero attached hydrogens (tertiary/aromatic N) is 2. The van der Waals surface area contributed by atoms with Crippen LogP contribution in [0.2, 0.25) is 0 Å². The second-order valence-corrected chi connectivity index (χ2v) is 5.42. The maximum Gasteiger partial charge on any atom is 0.250 e. The van der Waals surface area contributed by atoms with Crippen LogP contribution in [0.4, 0.5) is 5.69 Å². The number of carbonyl (C=O) groups excluding carboxylic acids is 1. The van der Waals surface area contributed by atoms with Crippen LogP contribution in [0.25, 0.3) is 10.9 Å². The minimum Gasteiger partial charge on any atom is -0.399 e. The lowest BCUT2D eigenvalue weighted by molar-refractivity contribution is 0.0477. The molecule has 1 heterocycles. The molecular formula is C15H19N3O2. The van der Waals surface area contributed by atoms with E-state index in [-0.39, 0.29) is 11.8 Å². The number of hydrogen-bond acceptors (Lipinski definition) is 4. The number of rotatable bonds is 2. The second kappa shape index (κ2) is 5.25. The molecule has 0 atom stereocenters. The Morgan fingerprint density at radius 1 is 1.35 bits per heavy atom. The molecular weight excluding hydrogens is 254 g/mol. The van der Waals surface area contributed by atoms with Crippen molar-refractivity contribution < 1.29 is 9.53 Å². The van der Waals surface area contributed by atoms with E-state index in [1.54, 1.807) is 19.4 Å². The highest BCUT2D eigenvalue weighted by molar-refractivity contribution is 5.93. The Kier molecular flexibility index (Phi) is 3.44. The SMILES string of the molecule is COC1CCC(C(=O)n2ncc3cc(N)ccc32)CC1. The van der Waals surface area contributed by atoms with Gasteiger partial charge in [-0.2, -0.15) is 9.78 Å². The number of nitrogen functional groups attached to an aromatic ring is 1. The van der Waals surface area contributed by atoms with Crippen molar-refractivity contribution in [3.63, 3.8) is 0 Å². The summed E-state index contributed by atoms with van der Waals surface area (Å²) in [7, 11) is 1.73. The van der Waals surface area contributed by atoms with Crippen LogP contribution < -0.4 is 5.73 Å². The van der Waals surface area contributed by atoms with E-state index < -0.39 is 0 Å². The van der Waals surface area contributed by atoms with Crippen LogP contribution in [0.5, 0.6) is 0 Å².